The number of hydrogen-bond donors (Lipinski definition) is 3. The molecule has 3 aromatic rings. The molecular formula is C23H29Cl2N7. The molecule has 1 aromatic carbocycles. The number of aromatic nitrogens is 3. The number of H-pyrrole nitrogens is 1. The van der Waals surface area contributed by atoms with E-state index in [1.54, 1.807) is 6.07 Å². The van der Waals surface area contributed by atoms with Crippen LogP contribution in [0.2, 0.25) is 0 Å². The Morgan fingerprint density at radius 3 is 2.81 bits per heavy atom. The van der Waals surface area contributed by atoms with Gasteiger partial charge in [0.25, 0.3) is 0 Å². The van der Waals surface area contributed by atoms with Gasteiger partial charge in [0.2, 0.25) is 5.95 Å². The minimum Gasteiger partial charge on any atom is -0.364 e. The number of halogens is 2. The molecule has 1 fully saturated rings. The Bertz CT molecular complexity index is 1020. The average molecular weight is 474 g/mol. The Morgan fingerprint density at radius 1 is 1.19 bits per heavy atom. The van der Waals surface area contributed by atoms with Gasteiger partial charge in [-0.15, -0.1) is 24.8 Å². The van der Waals surface area contributed by atoms with Gasteiger partial charge in [-0.25, -0.2) is 4.98 Å². The molecule has 0 bridgehead atoms. The zero-order chi connectivity index (χ0) is 20.8. The molecule has 0 spiro atoms. The van der Waals surface area contributed by atoms with E-state index in [-0.39, 0.29) is 24.8 Å². The quantitative estimate of drug-likeness (QED) is 0.443. The van der Waals surface area contributed by atoms with Crippen molar-refractivity contribution in [1.82, 2.24) is 20.3 Å². The summed E-state index contributed by atoms with van der Waals surface area (Å²) in [4.78, 5) is 15.0. The van der Waals surface area contributed by atoms with E-state index in [9.17, 15) is 0 Å². The number of nitrogens with zero attached hydrogens (tertiary/aromatic N) is 4. The Hall–Kier alpha value is -2.79. The maximum atomic E-state index is 9.14. The summed E-state index contributed by atoms with van der Waals surface area (Å²) >= 11 is 0. The lowest BCUT2D eigenvalue weighted by Crippen LogP contribution is -2.32. The smallest absolute Gasteiger partial charge is 0.229 e. The molecule has 170 valence electrons. The van der Waals surface area contributed by atoms with Crippen LogP contribution in [0.5, 0.6) is 0 Å². The van der Waals surface area contributed by atoms with E-state index in [2.05, 4.69) is 50.6 Å². The van der Waals surface area contributed by atoms with Gasteiger partial charge in [-0.1, -0.05) is 19.4 Å². The van der Waals surface area contributed by atoms with Crippen LogP contribution in [0.4, 0.5) is 17.5 Å². The highest BCUT2D eigenvalue weighted by atomic mass is 35.5. The number of hydrogen-bond acceptors (Lipinski definition) is 6. The molecule has 1 aliphatic rings. The lowest BCUT2D eigenvalue weighted by molar-refractivity contribution is 0.546. The summed E-state index contributed by atoms with van der Waals surface area (Å²) < 4.78 is 0. The van der Waals surface area contributed by atoms with Crippen molar-refractivity contribution in [3.63, 3.8) is 0 Å². The third-order valence-electron chi connectivity index (χ3n) is 5.28. The second-order valence-corrected chi connectivity index (χ2v) is 7.62. The number of anilines is 3. The van der Waals surface area contributed by atoms with E-state index in [4.69, 9.17) is 10.2 Å². The van der Waals surface area contributed by atoms with Crippen molar-refractivity contribution in [2.24, 2.45) is 0 Å². The number of aryl methyl sites for hydroxylation is 1. The van der Waals surface area contributed by atoms with Crippen LogP contribution in [0.3, 0.4) is 0 Å². The maximum absolute atomic E-state index is 9.14. The maximum Gasteiger partial charge on any atom is 0.229 e. The number of benzene rings is 1. The van der Waals surface area contributed by atoms with Crippen LogP contribution in [0.15, 0.2) is 48.7 Å². The highest BCUT2D eigenvalue weighted by Crippen LogP contribution is 2.23. The van der Waals surface area contributed by atoms with Crippen LogP contribution >= 0.6 is 24.8 Å². The van der Waals surface area contributed by atoms with Crippen LogP contribution in [0, 0.1) is 11.3 Å². The lowest BCUT2D eigenvalue weighted by atomic mass is 10.2. The van der Waals surface area contributed by atoms with E-state index in [0.29, 0.717) is 17.6 Å². The van der Waals surface area contributed by atoms with Crippen molar-refractivity contribution in [1.29, 1.82) is 5.26 Å². The molecule has 0 saturated carbocycles. The van der Waals surface area contributed by atoms with E-state index < -0.39 is 0 Å². The molecule has 0 amide bonds. The number of nitrogens with one attached hydrogen (secondary N) is 3. The van der Waals surface area contributed by atoms with Gasteiger partial charge < -0.3 is 20.5 Å². The summed E-state index contributed by atoms with van der Waals surface area (Å²) in [7, 11) is 0. The Labute approximate surface area is 201 Å². The normalized spacial score (nSPS) is 14.9. The Balaban J connectivity index is 0.00000181. The molecule has 0 aliphatic carbocycles. The van der Waals surface area contributed by atoms with Gasteiger partial charge in [-0.05, 0) is 43.2 Å². The Kier molecular flexibility index (Phi) is 9.79. The molecule has 1 atom stereocenters. The van der Waals surface area contributed by atoms with E-state index >= 15 is 0 Å². The van der Waals surface area contributed by atoms with E-state index in [0.717, 1.165) is 56.1 Å². The van der Waals surface area contributed by atoms with Crippen LogP contribution in [-0.2, 0) is 13.0 Å². The van der Waals surface area contributed by atoms with Crippen molar-refractivity contribution in [3.05, 3.63) is 65.6 Å². The van der Waals surface area contributed by atoms with Gasteiger partial charge in [0.05, 0.1) is 11.6 Å². The largest absolute Gasteiger partial charge is 0.364 e. The van der Waals surface area contributed by atoms with Gasteiger partial charge in [-0.3, -0.25) is 0 Å². The zero-order valence-electron chi connectivity index (χ0n) is 18.0. The lowest BCUT2D eigenvalue weighted by Gasteiger charge is -2.20. The van der Waals surface area contributed by atoms with Crippen molar-refractivity contribution in [2.45, 2.75) is 38.8 Å². The summed E-state index contributed by atoms with van der Waals surface area (Å²) in [6, 6.07) is 16.2. The third kappa shape index (κ3) is 6.60. The van der Waals surface area contributed by atoms with Crippen LogP contribution < -0.4 is 15.5 Å². The summed E-state index contributed by atoms with van der Waals surface area (Å²) in [5.41, 5.74) is 3.66. The average Bonchev–Trinajstić information content (AvgIpc) is 3.44. The first-order valence-electron chi connectivity index (χ1n) is 10.5. The summed E-state index contributed by atoms with van der Waals surface area (Å²) in [5, 5.41) is 16.0. The topological polar surface area (TPSA) is 92.7 Å². The fourth-order valence-electron chi connectivity index (χ4n) is 3.75. The zero-order valence-corrected chi connectivity index (χ0v) is 19.7. The molecule has 2 aromatic heterocycles. The predicted octanol–water partition coefficient (Wildman–Crippen LogP) is 4.58. The SMILES string of the molecule is CCCc1cc(N2CCC(NCc3ccc[nH]3)C2)nc(Nc2cccc(C#N)c2)n1.Cl.Cl. The molecule has 1 unspecified atom stereocenters. The molecule has 9 heteroatoms. The Morgan fingerprint density at radius 2 is 2.06 bits per heavy atom. The van der Waals surface area contributed by atoms with Crippen molar-refractivity contribution >= 4 is 42.3 Å². The second kappa shape index (κ2) is 12.3. The molecular weight excluding hydrogens is 445 g/mol. The molecule has 4 rings (SSSR count). The first-order chi connectivity index (χ1) is 14.7. The van der Waals surface area contributed by atoms with Gasteiger partial charge in [0.15, 0.2) is 0 Å². The van der Waals surface area contributed by atoms with Gasteiger partial charge >= 0.3 is 0 Å². The number of aromatic amines is 1. The molecule has 0 radical (unpaired) electrons. The van der Waals surface area contributed by atoms with Crippen LogP contribution in [-0.4, -0.2) is 34.1 Å². The van der Waals surface area contributed by atoms with Gasteiger partial charge in [-0.2, -0.15) is 10.2 Å². The van der Waals surface area contributed by atoms with Crippen LogP contribution in [0.25, 0.3) is 0 Å². The first kappa shape index (κ1) is 25.5. The number of nitriles is 1. The highest BCUT2D eigenvalue weighted by molar-refractivity contribution is 5.85. The van der Waals surface area contributed by atoms with Gasteiger partial charge in [0.1, 0.15) is 5.82 Å². The summed E-state index contributed by atoms with van der Waals surface area (Å²) in [6.07, 6.45) is 4.97. The fraction of sp³-hybridized carbons (Fsp3) is 0.348. The second-order valence-electron chi connectivity index (χ2n) is 7.62. The standard InChI is InChI=1S/C23H27N7.2ClH/c1-2-5-18-13-22(29-23(27-18)28-19-7-3-6-17(12-19)14-24)30-11-9-21(16-30)26-15-20-8-4-10-25-20;;/h3-4,6-8,10,12-13,21,25-26H,2,5,9,11,15-16H2,1H3,(H,27,28,29);2*1H. The van der Waals surface area contributed by atoms with Crippen molar-refractivity contribution in [2.75, 3.05) is 23.3 Å². The minimum absolute atomic E-state index is 0. The molecule has 3 heterocycles. The third-order valence-corrected chi connectivity index (χ3v) is 5.28. The molecule has 7 nitrogen and oxygen atoms in total. The van der Waals surface area contributed by atoms with E-state index in [1.165, 1.54) is 5.69 Å². The summed E-state index contributed by atoms with van der Waals surface area (Å²) in [6.45, 7) is 4.89. The van der Waals surface area contributed by atoms with Crippen LogP contribution in [0.1, 0.15) is 36.7 Å². The predicted molar refractivity (Wildman–Crippen MR) is 133 cm³/mol. The summed E-state index contributed by atoms with van der Waals surface area (Å²) in [5.74, 6) is 1.53. The van der Waals surface area contributed by atoms with Crippen molar-refractivity contribution < 1.29 is 0 Å². The molecule has 32 heavy (non-hydrogen) atoms. The molecule has 1 aliphatic heterocycles. The first-order valence-corrected chi connectivity index (χ1v) is 10.5. The minimum atomic E-state index is 0. The highest BCUT2D eigenvalue weighted by Gasteiger charge is 2.24. The van der Waals surface area contributed by atoms with E-state index in [1.807, 2.05) is 30.5 Å². The molecule has 3 N–H and O–H groups in total. The monoisotopic (exact) mass is 473 g/mol. The van der Waals surface area contributed by atoms with Crippen molar-refractivity contribution in [3.8, 4) is 6.07 Å². The number of rotatable bonds is 8. The fourth-order valence-corrected chi connectivity index (χ4v) is 3.75. The molecule has 1 saturated heterocycles. The van der Waals surface area contributed by atoms with Gasteiger partial charge in [0, 0.05) is 55.0 Å².